The van der Waals surface area contributed by atoms with Crippen molar-refractivity contribution in [2.24, 2.45) is 0 Å². The monoisotopic (exact) mass is 274 g/mol. The molecule has 0 aromatic heterocycles. The van der Waals surface area contributed by atoms with Gasteiger partial charge in [0.25, 0.3) is 0 Å². The van der Waals surface area contributed by atoms with Gasteiger partial charge in [0.2, 0.25) is 0 Å². The van der Waals surface area contributed by atoms with Gasteiger partial charge in [-0.1, -0.05) is 25.1 Å². The number of hydrogen-bond donors (Lipinski definition) is 1. The summed E-state index contributed by atoms with van der Waals surface area (Å²) in [6.45, 7) is 4.53. The van der Waals surface area contributed by atoms with Gasteiger partial charge in [0.1, 0.15) is 0 Å². The van der Waals surface area contributed by atoms with Gasteiger partial charge >= 0.3 is 0 Å². The van der Waals surface area contributed by atoms with Gasteiger partial charge in [-0.15, -0.1) is 0 Å². The molecule has 0 radical (unpaired) electrons. The summed E-state index contributed by atoms with van der Waals surface area (Å²) < 4.78 is 0. The molecule has 0 saturated heterocycles. The second-order valence-electron chi connectivity index (χ2n) is 6.40. The predicted molar refractivity (Wildman–Crippen MR) is 87.4 cm³/mol. The topological polar surface area (TPSA) is 15.3 Å². The van der Waals surface area contributed by atoms with Gasteiger partial charge in [0.05, 0.1) is 0 Å². The Balaban J connectivity index is 1.95. The van der Waals surface area contributed by atoms with Gasteiger partial charge in [-0.2, -0.15) is 0 Å². The second kappa shape index (κ2) is 7.80. The summed E-state index contributed by atoms with van der Waals surface area (Å²) in [6.07, 6.45) is 7.52. The Morgan fingerprint density at radius 3 is 2.75 bits per heavy atom. The zero-order valence-corrected chi connectivity index (χ0v) is 13.4. The molecule has 0 aliphatic heterocycles. The average molecular weight is 274 g/mol. The SMILES string of the molecule is CCCNC(CCN(C)C)Cc1ccc2c(c1)CCC2. The minimum Gasteiger partial charge on any atom is -0.314 e. The highest BCUT2D eigenvalue weighted by atomic mass is 15.1. The van der Waals surface area contributed by atoms with Gasteiger partial charge in [-0.25, -0.2) is 0 Å². The average Bonchev–Trinajstić information content (AvgIpc) is 2.89. The summed E-state index contributed by atoms with van der Waals surface area (Å²) in [5.74, 6) is 0. The lowest BCUT2D eigenvalue weighted by Gasteiger charge is -2.21. The number of fused-ring (bicyclic) bond motifs is 1. The Kier molecular flexibility index (Phi) is 6.06. The first kappa shape index (κ1) is 15.5. The molecule has 2 heteroatoms. The molecule has 0 amide bonds. The summed E-state index contributed by atoms with van der Waals surface area (Å²) >= 11 is 0. The lowest BCUT2D eigenvalue weighted by Crippen LogP contribution is -2.34. The first-order chi connectivity index (χ1) is 9.69. The molecule has 1 atom stereocenters. The van der Waals surface area contributed by atoms with Crippen LogP contribution in [0.3, 0.4) is 0 Å². The van der Waals surface area contributed by atoms with Crippen molar-refractivity contribution in [3.8, 4) is 0 Å². The molecule has 0 spiro atoms. The van der Waals surface area contributed by atoms with Crippen LogP contribution in [0.5, 0.6) is 0 Å². The highest BCUT2D eigenvalue weighted by Crippen LogP contribution is 2.23. The van der Waals surface area contributed by atoms with Gasteiger partial charge in [-0.05, 0) is 82.4 Å². The molecule has 0 heterocycles. The molecule has 1 N–H and O–H groups in total. The fourth-order valence-electron chi connectivity index (χ4n) is 3.08. The number of rotatable bonds is 8. The van der Waals surface area contributed by atoms with Crippen LogP contribution < -0.4 is 5.32 Å². The Morgan fingerprint density at radius 1 is 1.20 bits per heavy atom. The van der Waals surface area contributed by atoms with E-state index in [4.69, 9.17) is 0 Å². The third kappa shape index (κ3) is 4.60. The van der Waals surface area contributed by atoms with Gasteiger partial charge in [-0.3, -0.25) is 0 Å². The molecule has 112 valence electrons. The molecule has 0 bridgehead atoms. The van der Waals surface area contributed by atoms with Crippen molar-refractivity contribution >= 4 is 0 Å². The normalized spacial score (nSPS) is 15.6. The molecule has 1 unspecified atom stereocenters. The minimum absolute atomic E-state index is 0.608. The van der Waals surface area contributed by atoms with E-state index in [1.54, 1.807) is 11.1 Å². The highest BCUT2D eigenvalue weighted by molar-refractivity contribution is 5.35. The molecule has 0 fully saturated rings. The summed E-state index contributed by atoms with van der Waals surface area (Å²) in [5.41, 5.74) is 4.70. The third-order valence-electron chi connectivity index (χ3n) is 4.25. The smallest absolute Gasteiger partial charge is 0.0120 e. The van der Waals surface area contributed by atoms with E-state index in [-0.39, 0.29) is 0 Å². The van der Waals surface area contributed by atoms with E-state index >= 15 is 0 Å². The van der Waals surface area contributed by atoms with Gasteiger partial charge in [0, 0.05) is 6.04 Å². The van der Waals surface area contributed by atoms with Crippen LogP contribution in [0.25, 0.3) is 0 Å². The van der Waals surface area contributed by atoms with Crippen molar-refractivity contribution in [2.75, 3.05) is 27.2 Å². The largest absolute Gasteiger partial charge is 0.314 e. The molecule has 1 aliphatic carbocycles. The third-order valence-corrected chi connectivity index (χ3v) is 4.25. The van der Waals surface area contributed by atoms with Crippen molar-refractivity contribution in [1.82, 2.24) is 10.2 Å². The number of aryl methyl sites for hydroxylation is 2. The Labute approximate surface area is 124 Å². The van der Waals surface area contributed by atoms with Crippen molar-refractivity contribution in [1.29, 1.82) is 0 Å². The van der Waals surface area contributed by atoms with Gasteiger partial charge < -0.3 is 10.2 Å². The summed E-state index contributed by atoms with van der Waals surface area (Å²) in [5, 5.41) is 3.71. The molecule has 2 rings (SSSR count). The van der Waals surface area contributed by atoms with Crippen molar-refractivity contribution in [3.63, 3.8) is 0 Å². The maximum absolute atomic E-state index is 3.71. The lowest BCUT2D eigenvalue weighted by molar-refractivity contribution is 0.356. The number of nitrogens with zero attached hydrogens (tertiary/aromatic N) is 1. The molecule has 0 saturated carbocycles. The summed E-state index contributed by atoms with van der Waals surface area (Å²) in [7, 11) is 4.32. The molecule has 20 heavy (non-hydrogen) atoms. The summed E-state index contributed by atoms with van der Waals surface area (Å²) in [6, 6.07) is 7.77. The predicted octanol–water partition coefficient (Wildman–Crippen LogP) is 3.04. The molecule has 1 aromatic rings. The lowest BCUT2D eigenvalue weighted by atomic mass is 9.99. The Bertz CT molecular complexity index is 412. The van der Waals surface area contributed by atoms with Crippen LogP contribution in [0.1, 0.15) is 42.9 Å². The fraction of sp³-hybridized carbons (Fsp3) is 0.667. The molecular formula is C18H30N2. The van der Waals surface area contributed by atoms with E-state index in [2.05, 4.69) is 49.4 Å². The zero-order chi connectivity index (χ0) is 14.4. The van der Waals surface area contributed by atoms with Crippen LogP contribution in [-0.4, -0.2) is 38.1 Å². The number of hydrogen-bond acceptors (Lipinski definition) is 2. The van der Waals surface area contributed by atoms with Crippen molar-refractivity contribution in [2.45, 2.75) is 51.5 Å². The van der Waals surface area contributed by atoms with Crippen LogP contribution in [0.15, 0.2) is 18.2 Å². The molecule has 1 aromatic carbocycles. The van der Waals surface area contributed by atoms with Crippen LogP contribution >= 0.6 is 0 Å². The number of benzene rings is 1. The van der Waals surface area contributed by atoms with E-state index in [1.165, 1.54) is 44.1 Å². The maximum atomic E-state index is 3.71. The van der Waals surface area contributed by atoms with Crippen LogP contribution in [0, 0.1) is 0 Å². The maximum Gasteiger partial charge on any atom is 0.0120 e. The molecule has 1 aliphatic rings. The fourth-order valence-corrected chi connectivity index (χ4v) is 3.08. The van der Waals surface area contributed by atoms with E-state index in [9.17, 15) is 0 Å². The van der Waals surface area contributed by atoms with Crippen LogP contribution in [0.4, 0.5) is 0 Å². The Morgan fingerprint density at radius 2 is 2.00 bits per heavy atom. The Hall–Kier alpha value is -0.860. The van der Waals surface area contributed by atoms with Crippen molar-refractivity contribution < 1.29 is 0 Å². The minimum atomic E-state index is 0.608. The second-order valence-corrected chi connectivity index (χ2v) is 6.40. The number of nitrogens with one attached hydrogen (secondary N) is 1. The first-order valence-electron chi connectivity index (χ1n) is 8.18. The van der Waals surface area contributed by atoms with E-state index in [0.717, 1.165) is 13.1 Å². The van der Waals surface area contributed by atoms with Gasteiger partial charge in [0.15, 0.2) is 0 Å². The van der Waals surface area contributed by atoms with E-state index < -0.39 is 0 Å². The van der Waals surface area contributed by atoms with Crippen LogP contribution in [-0.2, 0) is 19.3 Å². The van der Waals surface area contributed by atoms with E-state index in [0.29, 0.717) is 6.04 Å². The quantitative estimate of drug-likeness (QED) is 0.784. The van der Waals surface area contributed by atoms with Crippen LogP contribution in [0.2, 0.25) is 0 Å². The van der Waals surface area contributed by atoms with E-state index in [1.807, 2.05) is 0 Å². The molecule has 2 nitrogen and oxygen atoms in total. The first-order valence-corrected chi connectivity index (χ1v) is 8.18. The standard InChI is InChI=1S/C18H30N2/c1-4-11-19-18(10-12-20(2)3)14-15-8-9-16-6-5-7-17(16)13-15/h8-9,13,18-19H,4-7,10-12,14H2,1-3H3. The molecular weight excluding hydrogens is 244 g/mol. The highest BCUT2D eigenvalue weighted by Gasteiger charge is 2.13. The summed E-state index contributed by atoms with van der Waals surface area (Å²) in [4.78, 5) is 2.28. The zero-order valence-electron chi connectivity index (χ0n) is 13.4. The van der Waals surface area contributed by atoms with Crippen molar-refractivity contribution in [3.05, 3.63) is 34.9 Å².